The van der Waals surface area contributed by atoms with Crippen molar-refractivity contribution >= 4 is 16.7 Å². The van der Waals surface area contributed by atoms with Crippen molar-refractivity contribution in [3.05, 3.63) is 42.1 Å². The van der Waals surface area contributed by atoms with Gasteiger partial charge in [-0.2, -0.15) is 4.57 Å². The SMILES string of the molecule is COc1ccc2cc3[n+](cc2c1OC(=O)CC1CC2CCC1C2)CCc1cc2c(cc1-3)OCO2.[Cl-]. The van der Waals surface area contributed by atoms with Crippen molar-refractivity contribution < 1.29 is 40.7 Å². The maximum Gasteiger partial charge on any atom is 0.311 e. The van der Waals surface area contributed by atoms with Crippen molar-refractivity contribution in [2.45, 2.75) is 45.1 Å². The number of carbonyl (C=O) groups excluding carboxylic acids is 1. The molecular weight excluding hydrogens is 466 g/mol. The molecule has 2 fully saturated rings. The van der Waals surface area contributed by atoms with E-state index in [0.29, 0.717) is 29.8 Å². The number of rotatable bonds is 4. The van der Waals surface area contributed by atoms with E-state index in [2.05, 4.69) is 29.0 Å². The van der Waals surface area contributed by atoms with Gasteiger partial charge in [0.05, 0.1) is 18.1 Å². The van der Waals surface area contributed by atoms with Gasteiger partial charge in [-0.1, -0.05) is 6.42 Å². The number of aromatic nitrogens is 1. The summed E-state index contributed by atoms with van der Waals surface area (Å²) in [5.41, 5.74) is 3.54. The van der Waals surface area contributed by atoms with Gasteiger partial charge in [-0.15, -0.1) is 0 Å². The third kappa shape index (κ3) is 3.70. The Bertz CT molecular complexity index is 1340. The molecule has 2 aliphatic carbocycles. The Kier molecular flexibility index (Phi) is 5.52. The highest BCUT2D eigenvalue weighted by Crippen LogP contribution is 2.50. The number of ether oxygens (including phenoxy) is 4. The van der Waals surface area contributed by atoms with Gasteiger partial charge in [0.1, 0.15) is 0 Å². The quantitative estimate of drug-likeness (QED) is 0.315. The van der Waals surface area contributed by atoms with Crippen molar-refractivity contribution in [2.24, 2.45) is 17.8 Å². The molecule has 7 rings (SSSR count). The van der Waals surface area contributed by atoms with Crippen molar-refractivity contribution in [3.8, 4) is 34.3 Å². The third-order valence-electron chi connectivity index (χ3n) is 8.33. The topological polar surface area (TPSA) is 57.9 Å². The summed E-state index contributed by atoms with van der Waals surface area (Å²) in [6, 6.07) is 10.3. The molecule has 3 unspecified atom stereocenters. The van der Waals surface area contributed by atoms with Crippen LogP contribution in [0.4, 0.5) is 0 Å². The lowest BCUT2D eigenvalue weighted by Gasteiger charge is -2.21. The molecule has 35 heavy (non-hydrogen) atoms. The number of methoxy groups -OCH3 is 1. The normalized spacial score (nSPS) is 22.9. The molecule has 0 N–H and O–H groups in total. The van der Waals surface area contributed by atoms with Crippen LogP contribution in [0.5, 0.6) is 23.0 Å². The minimum Gasteiger partial charge on any atom is -1.00 e. The second-order valence-electron chi connectivity index (χ2n) is 10.2. The lowest BCUT2D eigenvalue weighted by molar-refractivity contribution is -0.686. The van der Waals surface area contributed by atoms with Crippen molar-refractivity contribution in [1.29, 1.82) is 0 Å². The molecule has 182 valence electrons. The van der Waals surface area contributed by atoms with Crippen LogP contribution >= 0.6 is 0 Å². The van der Waals surface area contributed by atoms with Crippen molar-refractivity contribution in [1.82, 2.24) is 0 Å². The molecule has 1 aromatic heterocycles. The van der Waals surface area contributed by atoms with E-state index < -0.39 is 0 Å². The van der Waals surface area contributed by atoms with Gasteiger partial charge in [-0.05, 0) is 72.2 Å². The molecule has 3 atom stereocenters. The highest BCUT2D eigenvalue weighted by molar-refractivity contribution is 5.93. The standard InChI is InChI=1S/C28H28NO5.ClH/c1-31-24-5-4-18-10-23-21-13-26-25(32-15-33-26)11-19(21)6-7-29(23)14-22(18)28(24)34-27(30)12-20-9-16-2-3-17(20)8-16;/h4-5,10-11,13-14,16-17,20H,2-3,6-9,12,15H2,1H3;1H/q+1;/p-1. The highest BCUT2D eigenvalue weighted by atomic mass is 35.5. The molecule has 4 aliphatic rings. The molecule has 7 heteroatoms. The zero-order chi connectivity index (χ0) is 22.8. The number of benzene rings is 2. The van der Waals surface area contributed by atoms with Crippen LogP contribution < -0.4 is 35.9 Å². The van der Waals surface area contributed by atoms with Gasteiger partial charge in [0, 0.05) is 18.9 Å². The molecule has 3 heterocycles. The first-order valence-corrected chi connectivity index (χ1v) is 12.3. The second-order valence-corrected chi connectivity index (χ2v) is 10.2. The molecular formula is C28H28ClNO5. The van der Waals surface area contributed by atoms with Crippen LogP contribution in [0, 0.1) is 17.8 Å². The zero-order valence-corrected chi connectivity index (χ0v) is 20.5. The minimum atomic E-state index is -0.149. The largest absolute Gasteiger partial charge is 1.00 e. The Labute approximate surface area is 210 Å². The maximum atomic E-state index is 13.0. The Morgan fingerprint density at radius 1 is 1.11 bits per heavy atom. The first-order chi connectivity index (χ1) is 16.7. The molecule has 6 nitrogen and oxygen atoms in total. The lowest BCUT2D eigenvalue weighted by Crippen LogP contribution is -3.00. The molecule has 0 radical (unpaired) electrons. The molecule has 2 saturated carbocycles. The fraction of sp³-hybridized carbons (Fsp3) is 0.429. The van der Waals surface area contributed by atoms with E-state index in [0.717, 1.165) is 52.4 Å². The molecule has 0 saturated heterocycles. The van der Waals surface area contributed by atoms with Crippen LogP contribution in [-0.2, 0) is 17.8 Å². The summed E-state index contributed by atoms with van der Waals surface area (Å²) in [6.45, 7) is 1.11. The summed E-state index contributed by atoms with van der Waals surface area (Å²) in [4.78, 5) is 13.0. The van der Waals surface area contributed by atoms with Crippen LogP contribution in [0.1, 0.15) is 37.7 Å². The summed E-state index contributed by atoms with van der Waals surface area (Å²) in [7, 11) is 1.62. The summed E-state index contributed by atoms with van der Waals surface area (Å²) in [5.74, 6) is 4.57. The van der Waals surface area contributed by atoms with Crippen LogP contribution in [0.2, 0.25) is 0 Å². The second kappa shape index (κ2) is 8.59. The maximum absolute atomic E-state index is 13.0. The Hall–Kier alpha value is -2.99. The van der Waals surface area contributed by atoms with Crippen molar-refractivity contribution in [3.63, 3.8) is 0 Å². The van der Waals surface area contributed by atoms with E-state index in [9.17, 15) is 4.79 Å². The minimum absolute atomic E-state index is 0. The number of halogens is 1. The first-order valence-electron chi connectivity index (χ1n) is 12.3. The monoisotopic (exact) mass is 493 g/mol. The smallest absolute Gasteiger partial charge is 0.311 e. The number of aryl methyl sites for hydroxylation is 2. The number of nitrogens with zero attached hydrogens (tertiary/aromatic N) is 1. The number of fused-ring (bicyclic) bond motifs is 7. The molecule has 2 bridgehead atoms. The fourth-order valence-corrected chi connectivity index (χ4v) is 6.66. The summed E-state index contributed by atoms with van der Waals surface area (Å²) >= 11 is 0. The van der Waals surface area contributed by atoms with Crippen LogP contribution in [0.15, 0.2) is 36.5 Å². The van der Waals surface area contributed by atoms with Gasteiger partial charge in [0.25, 0.3) is 0 Å². The van der Waals surface area contributed by atoms with E-state index in [4.69, 9.17) is 18.9 Å². The average Bonchev–Trinajstić information content (AvgIpc) is 3.59. The molecule has 2 aliphatic heterocycles. The van der Waals surface area contributed by atoms with Gasteiger partial charge >= 0.3 is 5.97 Å². The van der Waals surface area contributed by atoms with E-state index in [-0.39, 0.29) is 25.2 Å². The Morgan fingerprint density at radius 3 is 2.74 bits per heavy atom. The number of carbonyl (C=O) groups is 1. The number of esters is 1. The molecule has 0 amide bonds. The van der Waals surface area contributed by atoms with E-state index in [1.165, 1.54) is 31.2 Å². The van der Waals surface area contributed by atoms with Crippen LogP contribution in [0.3, 0.4) is 0 Å². The summed E-state index contributed by atoms with van der Waals surface area (Å²) < 4.78 is 25.1. The molecule has 0 spiro atoms. The number of pyridine rings is 1. The van der Waals surface area contributed by atoms with Crippen molar-refractivity contribution in [2.75, 3.05) is 13.9 Å². The van der Waals surface area contributed by atoms with Gasteiger partial charge in [0.2, 0.25) is 12.5 Å². The molecule has 2 aromatic carbocycles. The van der Waals surface area contributed by atoms with Gasteiger partial charge in [0.15, 0.2) is 35.7 Å². The fourth-order valence-electron chi connectivity index (χ4n) is 6.66. The van der Waals surface area contributed by atoms with E-state index in [1.54, 1.807) is 7.11 Å². The van der Waals surface area contributed by atoms with Gasteiger partial charge in [-0.25, -0.2) is 0 Å². The third-order valence-corrected chi connectivity index (χ3v) is 8.33. The number of hydrogen-bond acceptors (Lipinski definition) is 5. The first kappa shape index (κ1) is 22.5. The predicted molar refractivity (Wildman–Crippen MR) is 125 cm³/mol. The molecule has 3 aromatic rings. The Balaban J connectivity index is 0.00000229. The number of hydrogen-bond donors (Lipinski definition) is 0. The lowest BCUT2D eigenvalue weighted by atomic mass is 9.86. The average molecular weight is 494 g/mol. The highest BCUT2D eigenvalue weighted by Gasteiger charge is 2.40. The zero-order valence-electron chi connectivity index (χ0n) is 19.7. The van der Waals surface area contributed by atoms with Gasteiger partial charge < -0.3 is 31.4 Å². The van der Waals surface area contributed by atoms with E-state index >= 15 is 0 Å². The van der Waals surface area contributed by atoms with Gasteiger partial charge in [-0.3, -0.25) is 4.79 Å². The van der Waals surface area contributed by atoms with E-state index in [1.807, 2.05) is 12.1 Å². The predicted octanol–water partition coefficient (Wildman–Crippen LogP) is 1.82. The Morgan fingerprint density at radius 2 is 1.97 bits per heavy atom. The van der Waals surface area contributed by atoms with Crippen LogP contribution in [0.25, 0.3) is 22.0 Å². The summed E-state index contributed by atoms with van der Waals surface area (Å²) in [5, 5.41) is 1.91. The van der Waals surface area contributed by atoms with Crippen LogP contribution in [-0.4, -0.2) is 19.9 Å². The summed E-state index contributed by atoms with van der Waals surface area (Å²) in [6.07, 6.45) is 8.57.